The van der Waals surface area contributed by atoms with E-state index in [1.54, 1.807) is 109 Å². The monoisotopic (exact) mass is 1080 g/mol. The van der Waals surface area contributed by atoms with E-state index >= 15 is 0 Å². The fourth-order valence-corrected chi connectivity index (χ4v) is 7.80. The summed E-state index contributed by atoms with van der Waals surface area (Å²) in [4.78, 5) is 37.9. The Bertz CT molecular complexity index is 3110. The van der Waals surface area contributed by atoms with E-state index in [2.05, 4.69) is 19.9 Å². The highest BCUT2D eigenvalue weighted by atomic mass is 19.4. The van der Waals surface area contributed by atoms with Crippen LogP contribution in [-0.2, 0) is 22.4 Å². The van der Waals surface area contributed by atoms with Crippen molar-refractivity contribution in [3.05, 3.63) is 180 Å². The minimum atomic E-state index is -4.75. The van der Waals surface area contributed by atoms with Crippen molar-refractivity contribution in [1.82, 2.24) is 19.9 Å². The van der Waals surface area contributed by atoms with Gasteiger partial charge in [-0.1, -0.05) is 121 Å². The highest BCUT2D eigenvalue weighted by Gasteiger charge is 2.44. The van der Waals surface area contributed by atoms with Crippen molar-refractivity contribution in [2.75, 3.05) is 25.7 Å². The molecule has 0 unspecified atom stereocenters. The number of carbonyl (C=O) groups is 2. The number of halogens is 6. The summed E-state index contributed by atoms with van der Waals surface area (Å²) in [6.07, 6.45) is -13.9. The first-order valence-electron chi connectivity index (χ1n) is 23.5. The summed E-state index contributed by atoms with van der Waals surface area (Å²) in [5.74, 6) is -2.24. The lowest BCUT2D eigenvalue weighted by molar-refractivity contribution is -0.199. The maximum Gasteiger partial charge on any atom is 0.429 e. The quantitative estimate of drug-likeness (QED) is 0.0436. The predicted octanol–water partition coefficient (Wildman–Crippen LogP) is 10.1. The molecule has 16 nitrogen and oxygen atoms in total. The largest absolute Gasteiger partial charge is 0.497 e. The molecule has 0 aliphatic rings. The summed E-state index contributed by atoms with van der Waals surface area (Å²) in [7, 11) is 3.07. The molecule has 0 aliphatic carbocycles. The Morgan fingerprint density at radius 1 is 0.474 bits per heavy atom. The van der Waals surface area contributed by atoms with Crippen LogP contribution in [0.25, 0.3) is 44.8 Å². The van der Waals surface area contributed by atoms with E-state index in [-0.39, 0.29) is 59.0 Å². The molecule has 0 bridgehead atoms. The first kappa shape index (κ1) is 56.4. The highest BCUT2D eigenvalue weighted by molar-refractivity contribution is 5.74. The number of hydrogen-bond acceptors (Lipinski definition) is 14. The van der Waals surface area contributed by atoms with Gasteiger partial charge in [0.1, 0.15) is 23.6 Å². The number of carboxylic acid groups (broad SMARTS) is 2. The van der Waals surface area contributed by atoms with Crippen molar-refractivity contribution >= 4 is 23.8 Å². The molecule has 2 heterocycles. The Morgan fingerprint density at radius 3 is 1.12 bits per heavy atom. The Labute approximate surface area is 442 Å². The molecule has 0 spiro atoms. The summed E-state index contributed by atoms with van der Waals surface area (Å²) in [5, 5.41) is 18.0. The fraction of sp³-hybridized carbons (Fsp3) is 0.179. The second kappa shape index (κ2) is 24.6. The Balaban J connectivity index is 0.000000226. The molecule has 8 aromatic rings. The maximum absolute atomic E-state index is 14.1. The van der Waals surface area contributed by atoms with Crippen LogP contribution in [0.3, 0.4) is 0 Å². The molecule has 78 heavy (non-hydrogen) atoms. The lowest BCUT2D eigenvalue weighted by Gasteiger charge is -2.22. The van der Waals surface area contributed by atoms with Crippen LogP contribution in [0.4, 0.5) is 38.2 Å². The number of carboxylic acids is 2. The Morgan fingerprint density at radius 2 is 0.808 bits per heavy atom. The summed E-state index contributed by atoms with van der Waals surface area (Å²) in [6.45, 7) is 0. The fourth-order valence-electron chi connectivity index (χ4n) is 7.80. The minimum Gasteiger partial charge on any atom is -0.497 e. The molecule has 4 atom stereocenters. The molecule has 0 saturated heterocycles. The van der Waals surface area contributed by atoms with Gasteiger partial charge in [-0.25, -0.2) is 9.97 Å². The molecule has 22 heteroatoms. The van der Waals surface area contributed by atoms with Crippen molar-refractivity contribution in [2.24, 2.45) is 11.5 Å². The molecule has 0 aliphatic heterocycles. The van der Waals surface area contributed by atoms with Crippen molar-refractivity contribution < 1.29 is 65.1 Å². The van der Waals surface area contributed by atoms with E-state index in [1.165, 1.54) is 50.6 Å². The topological polar surface area (TPSA) is 267 Å². The van der Waals surface area contributed by atoms with Crippen LogP contribution in [0.5, 0.6) is 23.3 Å². The summed E-state index contributed by atoms with van der Waals surface area (Å²) in [6, 6.07) is 39.6. The number of benzene rings is 6. The number of aliphatic carboxylic acids is 2. The van der Waals surface area contributed by atoms with Gasteiger partial charge in [0.15, 0.2) is 0 Å². The van der Waals surface area contributed by atoms with E-state index in [4.69, 9.17) is 52.1 Å². The van der Waals surface area contributed by atoms with E-state index < -0.39 is 48.6 Å². The molecule has 404 valence electrons. The summed E-state index contributed by atoms with van der Waals surface area (Å²) >= 11 is 0. The number of nitrogen functional groups attached to an aromatic ring is 2. The van der Waals surface area contributed by atoms with Crippen LogP contribution in [0, 0.1) is 0 Å². The van der Waals surface area contributed by atoms with Crippen LogP contribution >= 0.6 is 0 Å². The number of anilines is 2. The zero-order chi connectivity index (χ0) is 56.3. The normalized spacial score (nSPS) is 12.9. The van der Waals surface area contributed by atoms with Crippen LogP contribution in [0.1, 0.15) is 34.5 Å². The first-order chi connectivity index (χ1) is 37.1. The van der Waals surface area contributed by atoms with Gasteiger partial charge in [-0.2, -0.15) is 36.3 Å². The van der Waals surface area contributed by atoms with Crippen LogP contribution in [0.15, 0.2) is 158 Å². The molecule has 0 fully saturated rings. The van der Waals surface area contributed by atoms with Gasteiger partial charge in [-0.3, -0.25) is 9.59 Å². The van der Waals surface area contributed by atoms with Crippen LogP contribution < -0.4 is 41.9 Å². The minimum absolute atomic E-state index is 0.111. The van der Waals surface area contributed by atoms with Gasteiger partial charge in [-0.05, 0) is 70.5 Å². The third-order valence-corrected chi connectivity index (χ3v) is 11.8. The predicted molar refractivity (Wildman–Crippen MR) is 278 cm³/mol. The Hall–Kier alpha value is -9.28. The third kappa shape index (κ3) is 15.0. The summed E-state index contributed by atoms with van der Waals surface area (Å²) in [5.41, 5.74) is 28.3. The van der Waals surface area contributed by atoms with Gasteiger partial charge in [-0.15, -0.1) is 0 Å². The number of aromatic nitrogens is 4. The number of nitrogens with zero attached hydrogens (tertiary/aromatic N) is 4. The number of rotatable bonds is 18. The average Bonchev–Trinajstić information content (AvgIpc) is 3.46. The number of hydrogen-bond donors (Lipinski definition) is 6. The molecule has 0 radical (unpaired) electrons. The third-order valence-electron chi connectivity index (χ3n) is 11.8. The molecular weight excluding hydrogens is 1030 g/mol. The zero-order valence-corrected chi connectivity index (χ0v) is 41.4. The van der Waals surface area contributed by atoms with Crippen molar-refractivity contribution in [3.8, 4) is 68.0 Å². The summed E-state index contributed by atoms with van der Waals surface area (Å²) < 4.78 is 106. The van der Waals surface area contributed by atoms with Crippen LogP contribution in [0.2, 0.25) is 0 Å². The zero-order valence-electron chi connectivity index (χ0n) is 41.4. The van der Waals surface area contributed by atoms with E-state index in [1.807, 2.05) is 12.1 Å². The van der Waals surface area contributed by atoms with Gasteiger partial charge in [0.05, 0.1) is 25.6 Å². The standard InChI is InChI=1S/2C28H25F3N4O4/c2*1-38-21-4-2-3-20(14-21)17-9-11-19(12-10-17)25(28(29,30)31)39-24-15-23(34-27(33)35-24)18-7-5-16(6-8-18)13-22(32)26(36)37/h2*2-12,14-15,22,25H,13,32H2,1H3,(H,36,37)(H2,33,34,35)/t2*22-,25+/m00/s1. The van der Waals surface area contributed by atoms with Gasteiger partial charge in [0.2, 0.25) is 35.9 Å². The average molecular weight is 1080 g/mol. The molecule has 2 aromatic heterocycles. The lowest BCUT2D eigenvalue weighted by atomic mass is 10.0. The van der Waals surface area contributed by atoms with Crippen molar-refractivity contribution in [3.63, 3.8) is 0 Å². The van der Waals surface area contributed by atoms with Gasteiger partial charge in [0, 0.05) is 34.4 Å². The van der Waals surface area contributed by atoms with Gasteiger partial charge >= 0.3 is 24.3 Å². The molecule has 0 saturated carbocycles. The number of alkyl halides is 6. The number of ether oxygens (including phenoxy) is 4. The second-order valence-electron chi connectivity index (χ2n) is 17.4. The molecule has 0 amide bonds. The van der Waals surface area contributed by atoms with Crippen molar-refractivity contribution in [1.29, 1.82) is 0 Å². The van der Waals surface area contributed by atoms with Gasteiger partial charge < -0.3 is 52.1 Å². The SMILES string of the molecule is COc1cccc(-c2ccc([C@@H](Oc3cc(-c4ccc(C[C@H](N)C(=O)O)cc4)nc(N)n3)C(F)(F)F)cc2)c1.COc1cccc(-c2ccc([C@@H](Oc3cc(-c4ccc(C[C@H](N)C(=O)O)cc4)nc(N)n3)C(F)(F)F)cc2)c1. The maximum atomic E-state index is 14.1. The Kier molecular flexibility index (Phi) is 17.8. The molecule has 10 N–H and O–H groups in total. The second-order valence-corrected chi connectivity index (χ2v) is 17.4. The number of methoxy groups -OCH3 is 2. The smallest absolute Gasteiger partial charge is 0.429 e. The van der Waals surface area contributed by atoms with Crippen molar-refractivity contribution in [2.45, 2.75) is 49.5 Å². The van der Waals surface area contributed by atoms with Crippen LogP contribution in [-0.4, -0.2) is 80.7 Å². The van der Waals surface area contributed by atoms with E-state index in [0.717, 1.165) is 11.1 Å². The molecular formula is C56H50F6N8O8. The molecule has 8 rings (SSSR count). The highest BCUT2D eigenvalue weighted by Crippen LogP contribution is 2.40. The van der Waals surface area contributed by atoms with E-state index in [9.17, 15) is 35.9 Å². The number of nitrogens with two attached hydrogens (primary N) is 4. The lowest BCUT2D eigenvalue weighted by Crippen LogP contribution is -2.32. The van der Waals surface area contributed by atoms with E-state index in [0.29, 0.717) is 44.9 Å². The molecule has 6 aromatic carbocycles. The van der Waals surface area contributed by atoms with Gasteiger partial charge in [0.25, 0.3) is 0 Å². The first-order valence-corrected chi connectivity index (χ1v) is 23.5.